The van der Waals surface area contributed by atoms with E-state index in [0.29, 0.717) is 11.4 Å². The molecule has 0 atom stereocenters. The molecular formula is C22H18N4O. The maximum atomic E-state index is 6.43. The van der Waals surface area contributed by atoms with Crippen LogP contribution in [0.1, 0.15) is 17.2 Å². The number of nitrogens with two attached hydrogens (primary N) is 1. The molecule has 3 heterocycles. The summed E-state index contributed by atoms with van der Waals surface area (Å²) in [6.07, 6.45) is 8.50. The first kappa shape index (κ1) is 16.7. The van der Waals surface area contributed by atoms with Crippen LogP contribution >= 0.6 is 0 Å². The summed E-state index contributed by atoms with van der Waals surface area (Å²) >= 11 is 0. The summed E-state index contributed by atoms with van der Waals surface area (Å²) in [7, 11) is 0. The highest BCUT2D eigenvalue weighted by atomic mass is 16.5. The second kappa shape index (κ2) is 7.66. The van der Waals surface area contributed by atoms with Crippen molar-refractivity contribution in [2.75, 3.05) is 5.73 Å². The van der Waals surface area contributed by atoms with Crippen LogP contribution in [-0.2, 0) is 0 Å². The largest absolute Gasteiger partial charge is 0.479 e. The molecule has 0 saturated heterocycles. The van der Waals surface area contributed by atoms with Gasteiger partial charge < -0.3 is 10.5 Å². The van der Waals surface area contributed by atoms with E-state index in [9.17, 15) is 0 Å². The third-order valence-electron chi connectivity index (χ3n) is 4.17. The third-order valence-corrected chi connectivity index (χ3v) is 4.17. The molecule has 0 aliphatic heterocycles. The molecule has 4 aromatic rings. The Labute approximate surface area is 157 Å². The lowest BCUT2D eigenvalue weighted by Gasteiger charge is -2.21. The quantitative estimate of drug-likeness (QED) is 0.541. The maximum Gasteiger partial charge on any atom is 0.152 e. The van der Waals surface area contributed by atoms with Crippen molar-refractivity contribution in [2.45, 2.75) is 6.10 Å². The van der Waals surface area contributed by atoms with Crippen LogP contribution in [0.2, 0.25) is 0 Å². The number of anilines is 1. The Hall–Kier alpha value is -3.73. The van der Waals surface area contributed by atoms with E-state index in [4.69, 9.17) is 10.5 Å². The zero-order chi connectivity index (χ0) is 18.5. The first-order valence-corrected chi connectivity index (χ1v) is 8.59. The van der Waals surface area contributed by atoms with Gasteiger partial charge >= 0.3 is 0 Å². The van der Waals surface area contributed by atoms with Crippen molar-refractivity contribution in [3.05, 3.63) is 103 Å². The molecule has 0 spiro atoms. The van der Waals surface area contributed by atoms with Gasteiger partial charge in [0, 0.05) is 53.4 Å². The highest BCUT2D eigenvalue weighted by Crippen LogP contribution is 2.33. The Balaban J connectivity index is 1.75. The molecule has 0 radical (unpaired) electrons. The van der Waals surface area contributed by atoms with Crippen molar-refractivity contribution in [3.63, 3.8) is 0 Å². The fraction of sp³-hybridized carbons (Fsp3) is 0.0455. The van der Waals surface area contributed by atoms with E-state index in [1.165, 1.54) is 0 Å². The number of hydrogen-bond donors (Lipinski definition) is 1. The zero-order valence-corrected chi connectivity index (χ0v) is 14.6. The monoisotopic (exact) mass is 354 g/mol. The first-order valence-electron chi connectivity index (χ1n) is 8.59. The van der Waals surface area contributed by atoms with Crippen molar-refractivity contribution < 1.29 is 4.74 Å². The van der Waals surface area contributed by atoms with Gasteiger partial charge in [-0.3, -0.25) is 15.0 Å². The number of ether oxygens (including phenoxy) is 1. The molecule has 0 unspecified atom stereocenters. The average molecular weight is 354 g/mol. The second-order valence-electron chi connectivity index (χ2n) is 6.04. The number of pyridine rings is 3. The minimum atomic E-state index is -0.343. The minimum absolute atomic E-state index is 0.343. The van der Waals surface area contributed by atoms with E-state index in [1.54, 1.807) is 31.0 Å². The van der Waals surface area contributed by atoms with Crippen molar-refractivity contribution >= 4 is 5.69 Å². The van der Waals surface area contributed by atoms with Crippen LogP contribution in [0.4, 0.5) is 5.69 Å². The number of nitrogen functional groups attached to an aromatic ring is 1. The molecule has 2 N–H and O–H groups in total. The summed E-state index contributed by atoms with van der Waals surface area (Å²) in [6.45, 7) is 0. The molecule has 0 aliphatic carbocycles. The van der Waals surface area contributed by atoms with Gasteiger partial charge in [-0.15, -0.1) is 0 Å². The molecule has 1 aromatic carbocycles. The Bertz CT molecular complexity index is 966. The molecule has 27 heavy (non-hydrogen) atoms. The molecule has 0 saturated carbocycles. The first-order chi connectivity index (χ1) is 13.3. The summed E-state index contributed by atoms with van der Waals surface area (Å²) in [5, 5.41) is 0. The van der Waals surface area contributed by atoms with Gasteiger partial charge in [0.1, 0.15) is 11.4 Å². The van der Waals surface area contributed by atoms with Gasteiger partial charge in [0.15, 0.2) is 6.10 Å². The topological polar surface area (TPSA) is 73.9 Å². The van der Waals surface area contributed by atoms with Gasteiger partial charge in [-0.2, -0.15) is 0 Å². The lowest BCUT2D eigenvalue weighted by atomic mass is 10.0. The van der Waals surface area contributed by atoms with E-state index in [1.807, 2.05) is 60.7 Å². The van der Waals surface area contributed by atoms with Gasteiger partial charge in [-0.05, 0) is 36.4 Å². The highest BCUT2D eigenvalue weighted by Gasteiger charge is 2.19. The van der Waals surface area contributed by atoms with Gasteiger partial charge in [-0.25, -0.2) is 0 Å². The van der Waals surface area contributed by atoms with Crippen LogP contribution in [0, 0.1) is 0 Å². The number of hydrogen-bond acceptors (Lipinski definition) is 5. The van der Waals surface area contributed by atoms with Gasteiger partial charge in [-0.1, -0.05) is 24.3 Å². The van der Waals surface area contributed by atoms with E-state index in [2.05, 4.69) is 15.0 Å². The van der Waals surface area contributed by atoms with Crippen LogP contribution in [0.15, 0.2) is 91.6 Å². The van der Waals surface area contributed by atoms with E-state index < -0.39 is 0 Å². The predicted molar refractivity (Wildman–Crippen MR) is 105 cm³/mol. The Morgan fingerprint density at radius 3 is 1.96 bits per heavy atom. The summed E-state index contributed by atoms with van der Waals surface area (Å²) in [5.41, 5.74) is 10.1. The predicted octanol–water partition coefficient (Wildman–Crippen LogP) is 4.29. The van der Waals surface area contributed by atoms with Gasteiger partial charge in [0.25, 0.3) is 0 Å². The Morgan fingerprint density at radius 2 is 1.37 bits per heavy atom. The van der Waals surface area contributed by atoms with Crippen LogP contribution < -0.4 is 10.5 Å². The molecule has 0 aliphatic rings. The van der Waals surface area contributed by atoms with Gasteiger partial charge in [0.05, 0.1) is 0 Å². The number of aromatic nitrogens is 3. The lowest BCUT2D eigenvalue weighted by Crippen LogP contribution is -2.11. The van der Waals surface area contributed by atoms with Crippen LogP contribution in [0.5, 0.6) is 5.75 Å². The van der Waals surface area contributed by atoms with E-state index in [-0.39, 0.29) is 6.10 Å². The Kier molecular flexibility index (Phi) is 4.74. The number of rotatable bonds is 5. The zero-order valence-electron chi connectivity index (χ0n) is 14.6. The average Bonchev–Trinajstić information content (AvgIpc) is 2.74. The number of benzene rings is 1. The molecular weight excluding hydrogens is 336 g/mol. The van der Waals surface area contributed by atoms with E-state index >= 15 is 0 Å². The molecule has 5 heteroatoms. The van der Waals surface area contributed by atoms with Gasteiger partial charge in [0.2, 0.25) is 0 Å². The molecule has 3 aromatic heterocycles. The SMILES string of the molecule is Nc1ccc(-c2ncccc2OC(c2cccnc2)c2cccnc2)cc1. The van der Waals surface area contributed by atoms with E-state index in [0.717, 1.165) is 22.4 Å². The second-order valence-corrected chi connectivity index (χ2v) is 6.04. The smallest absolute Gasteiger partial charge is 0.152 e. The maximum absolute atomic E-state index is 6.43. The van der Waals surface area contributed by atoms with Crippen molar-refractivity contribution in [3.8, 4) is 17.0 Å². The summed E-state index contributed by atoms with van der Waals surface area (Å²) in [4.78, 5) is 13.0. The lowest BCUT2D eigenvalue weighted by molar-refractivity contribution is 0.246. The highest BCUT2D eigenvalue weighted by molar-refractivity contribution is 5.67. The van der Waals surface area contributed by atoms with Crippen LogP contribution in [0.25, 0.3) is 11.3 Å². The van der Waals surface area contributed by atoms with Crippen LogP contribution in [-0.4, -0.2) is 15.0 Å². The third kappa shape index (κ3) is 3.77. The summed E-state index contributed by atoms with van der Waals surface area (Å²) in [6, 6.07) is 19.1. The van der Waals surface area contributed by atoms with Crippen molar-refractivity contribution in [1.29, 1.82) is 0 Å². The Morgan fingerprint density at radius 1 is 0.741 bits per heavy atom. The molecule has 4 rings (SSSR count). The van der Waals surface area contributed by atoms with Crippen molar-refractivity contribution in [2.24, 2.45) is 0 Å². The van der Waals surface area contributed by atoms with Crippen molar-refractivity contribution in [1.82, 2.24) is 15.0 Å². The molecule has 0 amide bonds. The number of nitrogens with zero attached hydrogens (tertiary/aromatic N) is 3. The molecule has 0 fully saturated rings. The minimum Gasteiger partial charge on any atom is -0.479 e. The van der Waals surface area contributed by atoms with Crippen LogP contribution in [0.3, 0.4) is 0 Å². The standard InChI is InChI=1S/C22H18N4O/c23-19-9-7-16(8-10-19)21-20(6-3-13-26-21)27-22(17-4-1-11-24-14-17)18-5-2-12-25-15-18/h1-15,22H,23H2. The summed E-state index contributed by atoms with van der Waals surface area (Å²) < 4.78 is 6.43. The summed E-state index contributed by atoms with van der Waals surface area (Å²) in [5.74, 6) is 0.681. The normalized spacial score (nSPS) is 10.7. The molecule has 0 bridgehead atoms. The molecule has 132 valence electrons. The fourth-order valence-electron chi connectivity index (χ4n) is 2.86. The molecule has 5 nitrogen and oxygen atoms in total. The fourth-order valence-corrected chi connectivity index (χ4v) is 2.86.